The molecule has 2 N–H and O–H groups in total. The van der Waals surface area contributed by atoms with Gasteiger partial charge in [-0.3, -0.25) is 0 Å². The number of urea groups is 1. The van der Waals surface area contributed by atoms with Crippen molar-refractivity contribution in [2.24, 2.45) is 0 Å². The third kappa shape index (κ3) is 4.86. The molecule has 31 heavy (non-hydrogen) atoms. The highest BCUT2D eigenvalue weighted by Crippen LogP contribution is 2.20. The van der Waals surface area contributed by atoms with Crippen LogP contribution in [0, 0.1) is 11.6 Å². The largest absolute Gasteiger partial charge is 0.475 e. The first-order chi connectivity index (χ1) is 15.0. The predicted octanol–water partition coefficient (Wildman–Crippen LogP) is 3.92. The summed E-state index contributed by atoms with van der Waals surface area (Å²) >= 11 is 5.68. The molecule has 0 fully saturated rings. The molecule has 0 unspecified atom stereocenters. The zero-order chi connectivity index (χ0) is 21.8. The predicted molar refractivity (Wildman–Crippen MR) is 110 cm³/mol. The quantitative estimate of drug-likeness (QED) is 0.440. The van der Waals surface area contributed by atoms with Gasteiger partial charge in [-0.1, -0.05) is 23.7 Å². The van der Waals surface area contributed by atoms with Crippen LogP contribution in [0.25, 0.3) is 17.0 Å². The first-order valence-corrected chi connectivity index (χ1v) is 9.48. The summed E-state index contributed by atoms with van der Waals surface area (Å²) in [6.07, 6.45) is 0. The van der Waals surface area contributed by atoms with Crippen LogP contribution in [-0.4, -0.2) is 39.0 Å². The normalized spacial score (nSPS) is 10.8. The minimum absolute atomic E-state index is 0.0887. The molecule has 2 aromatic heterocycles. The number of hydrogen-bond acceptors (Lipinski definition) is 5. The first kappa shape index (κ1) is 20.5. The number of amides is 2. The van der Waals surface area contributed by atoms with Gasteiger partial charge in [0.15, 0.2) is 11.5 Å². The maximum absolute atomic E-state index is 13.5. The molecule has 8 nitrogen and oxygen atoms in total. The van der Waals surface area contributed by atoms with Crippen molar-refractivity contribution in [1.29, 1.82) is 0 Å². The van der Waals surface area contributed by atoms with Crippen LogP contribution in [-0.2, 0) is 0 Å². The Hall–Kier alpha value is -3.79. The molecule has 2 heterocycles. The van der Waals surface area contributed by atoms with Crippen LogP contribution in [0.2, 0.25) is 5.02 Å². The van der Waals surface area contributed by atoms with Crippen molar-refractivity contribution >= 4 is 29.0 Å². The van der Waals surface area contributed by atoms with E-state index in [4.69, 9.17) is 16.3 Å². The van der Waals surface area contributed by atoms with E-state index in [9.17, 15) is 13.6 Å². The molecule has 11 heteroatoms. The number of nitrogens with one attached hydrogen (secondary N) is 2. The Balaban J connectivity index is 1.34. The molecule has 158 valence electrons. The number of rotatable bonds is 6. The van der Waals surface area contributed by atoms with Crippen molar-refractivity contribution in [2.45, 2.75) is 0 Å². The molecule has 4 aromatic rings. The van der Waals surface area contributed by atoms with Gasteiger partial charge in [-0.15, -0.1) is 15.3 Å². The van der Waals surface area contributed by atoms with Crippen LogP contribution in [0.5, 0.6) is 5.88 Å². The summed E-state index contributed by atoms with van der Waals surface area (Å²) in [5.41, 5.74) is 1.35. The first-order valence-electron chi connectivity index (χ1n) is 9.11. The number of carbonyl (C=O) groups excluding carboxylic acids is 1. The molecule has 0 radical (unpaired) electrons. The Morgan fingerprint density at radius 3 is 2.77 bits per heavy atom. The van der Waals surface area contributed by atoms with Crippen LogP contribution in [0.15, 0.2) is 54.6 Å². The van der Waals surface area contributed by atoms with E-state index in [0.717, 1.165) is 6.07 Å². The molecule has 0 aliphatic heterocycles. The Bertz CT molecular complexity index is 1250. The number of halogens is 3. The maximum atomic E-state index is 13.5. The standard InChI is InChI=1S/C20H15ClF2N6O2/c21-15-11-14(4-5-16(15)23)25-20(30)24-8-9-31-18-7-6-17-26-27-19(29(17)28-18)12-2-1-3-13(22)10-12/h1-7,10-11H,8-9H2,(H2,24,25,30). The fraction of sp³-hybridized carbons (Fsp3) is 0.100. The SMILES string of the molecule is O=C(NCCOc1ccc2nnc(-c3cccc(F)c3)n2n1)Nc1ccc(F)c(Cl)c1. The number of aromatic nitrogens is 4. The molecule has 0 aliphatic carbocycles. The fourth-order valence-corrected chi connectivity index (χ4v) is 2.91. The second kappa shape index (κ2) is 8.92. The molecular formula is C20H15ClF2N6O2. The number of carbonyl (C=O) groups is 1. The minimum atomic E-state index is -0.570. The average Bonchev–Trinajstić information content (AvgIpc) is 3.17. The molecule has 2 aromatic carbocycles. The van der Waals surface area contributed by atoms with E-state index >= 15 is 0 Å². The van der Waals surface area contributed by atoms with Gasteiger partial charge in [-0.05, 0) is 36.4 Å². The van der Waals surface area contributed by atoms with Crippen molar-refractivity contribution in [3.8, 4) is 17.3 Å². The van der Waals surface area contributed by atoms with Crippen LogP contribution in [0.3, 0.4) is 0 Å². The smallest absolute Gasteiger partial charge is 0.319 e. The highest BCUT2D eigenvalue weighted by molar-refractivity contribution is 6.31. The Kier molecular flexibility index (Phi) is 5.89. The van der Waals surface area contributed by atoms with Crippen molar-refractivity contribution in [2.75, 3.05) is 18.5 Å². The number of benzene rings is 2. The Labute approximate surface area is 179 Å². The van der Waals surface area contributed by atoms with Crippen molar-refractivity contribution in [3.63, 3.8) is 0 Å². The second-order valence-electron chi connectivity index (χ2n) is 6.33. The minimum Gasteiger partial charge on any atom is -0.475 e. The lowest BCUT2D eigenvalue weighted by atomic mass is 10.2. The zero-order valence-electron chi connectivity index (χ0n) is 15.8. The van der Waals surface area contributed by atoms with E-state index in [0.29, 0.717) is 22.7 Å². The molecule has 0 saturated heterocycles. The number of nitrogens with zero attached hydrogens (tertiary/aromatic N) is 4. The van der Waals surface area contributed by atoms with Crippen LogP contribution in [0.4, 0.5) is 19.3 Å². The van der Waals surface area contributed by atoms with Gasteiger partial charge in [0.05, 0.1) is 11.6 Å². The third-order valence-electron chi connectivity index (χ3n) is 4.14. The summed E-state index contributed by atoms with van der Waals surface area (Å²) in [5, 5.41) is 17.4. The summed E-state index contributed by atoms with van der Waals surface area (Å²) in [6.45, 7) is 0.312. The number of anilines is 1. The van der Waals surface area contributed by atoms with E-state index in [1.807, 2.05) is 0 Å². The fourth-order valence-electron chi connectivity index (χ4n) is 2.73. The van der Waals surface area contributed by atoms with Crippen molar-refractivity contribution in [1.82, 2.24) is 25.1 Å². The van der Waals surface area contributed by atoms with Crippen LogP contribution < -0.4 is 15.4 Å². The lowest BCUT2D eigenvalue weighted by molar-refractivity contribution is 0.246. The van der Waals surface area contributed by atoms with E-state index in [2.05, 4.69) is 25.9 Å². The molecule has 0 aliphatic rings. The van der Waals surface area contributed by atoms with Crippen LogP contribution >= 0.6 is 11.6 Å². The van der Waals surface area contributed by atoms with Gasteiger partial charge >= 0.3 is 6.03 Å². The summed E-state index contributed by atoms with van der Waals surface area (Å²) < 4.78 is 33.7. The monoisotopic (exact) mass is 444 g/mol. The van der Waals surface area contributed by atoms with Gasteiger partial charge < -0.3 is 15.4 Å². The Morgan fingerprint density at radius 1 is 1.10 bits per heavy atom. The topological polar surface area (TPSA) is 93.4 Å². The van der Waals surface area contributed by atoms with Crippen molar-refractivity contribution < 1.29 is 18.3 Å². The lowest BCUT2D eigenvalue weighted by Gasteiger charge is -2.09. The number of hydrogen-bond donors (Lipinski definition) is 2. The number of fused-ring (bicyclic) bond motifs is 1. The molecule has 4 rings (SSSR count). The van der Waals surface area contributed by atoms with Gasteiger partial charge in [0.1, 0.15) is 18.2 Å². The maximum Gasteiger partial charge on any atom is 0.319 e. The van der Waals surface area contributed by atoms with Gasteiger partial charge in [-0.25, -0.2) is 13.6 Å². The Morgan fingerprint density at radius 2 is 1.97 bits per heavy atom. The summed E-state index contributed by atoms with van der Waals surface area (Å²) in [6, 6.07) is 12.6. The van der Waals surface area contributed by atoms with E-state index < -0.39 is 17.7 Å². The second-order valence-corrected chi connectivity index (χ2v) is 6.74. The molecule has 2 amide bonds. The van der Waals surface area contributed by atoms with Gasteiger partial charge in [0, 0.05) is 17.3 Å². The van der Waals surface area contributed by atoms with Crippen molar-refractivity contribution in [3.05, 3.63) is 71.3 Å². The summed E-state index contributed by atoms with van der Waals surface area (Å²) in [4.78, 5) is 11.9. The number of ether oxygens (including phenoxy) is 1. The van der Waals surface area contributed by atoms with Gasteiger partial charge in [0.2, 0.25) is 5.88 Å². The molecule has 0 spiro atoms. The highest BCUT2D eigenvalue weighted by atomic mass is 35.5. The molecule has 0 atom stereocenters. The molecular weight excluding hydrogens is 430 g/mol. The highest BCUT2D eigenvalue weighted by Gasteiger charge is 2.11. The average molecular weight is 445 g/mol. The van der Waals surface area contributed by atoms with E-state index in [1.54, 1.807) is 24.3 Å². The summed E-state index contributed by atoms with van der Waals surface area (Å²) in [7, 11) is 0. The van der Waals surface area contributed by atoms with E-state index in [1.165, 1.54) is 28.8 Å². The van der Waals surface area contributed by atoms with Crippen LogP contribution in [0.1, 0.15) is 0 Å². The van der Waals surface area contributed by atoms with E-state index in [-0.39, 0.29) is 24.1 Å². The zero-order valence-corrected chi connectivity index (χ0v) is 16.6. The lowest BCUT2D eigenvalue weighted by Crippen LogP contribution is -2.32. The summed E-state index contributed by atoms with van der Waals surface area (Å²) in [5.74, 6) is -0.319. The third-order valence-corrected chi connectivity index (χ3v) is 4.43. The van der Waals surface area contributed by atoms with Gasteiger partial charge in [-0.2, -0.15) is 4.52 Å². The van der Waals surface area contributed by atoms with Gasteiger partial charge in [0.25, 0.3) is 0 Å². The molecule has 0 saturated carbocycles. The molecule has 0 bridgehead atoms.